The number of carbonyl (C=O) groups excluding carboxylic acids is 2. The van der Waals surface area contributed by atoms with Crippen molar-refractivity contribution >= 4 is 20.6 Å². The van der Waals surface area contributed by atoms with Gasteiger partial charge in [0.15, 0.2) is 20.7 Å². The number of hydrogen-bond acceptors (Lipinski definition) is 4. The summed E-state index contributed by atoms with van der Waals surface area (Å²) in [6, 6.07) is 0. The monoisotopic (exact) mass is 286 g/mol. The molecule has 4 atom stereocenters. The molecule has 5 heteroatoms. The Morgan fingerprint density at radius 3 is 2.21 bits per heavy atom. The zero-order valence-corrected chi connectivity index (χ0v) is 14.0. The molecule has 0 radical (unpaired) electrons. The van der Waals surface area contributed by atoms with E-state index in [0.29, 0.717) is 6.29 Å². The molecule has 0 aromatic heterocycles. The Balaban J connectivity index is 2.96. The van der Waals surface area contributed by atoms with E-state index in [4.69, 9.17) is 9.16 Å². The summed E-state index contributed by atoms with van der Waals surface area (Å²) in [6.07, 6.45) is -0.216. The van der Waals surface area contributed by atoms with E-state index in [-0.39, 0.29) is 28.9 Å². The zero-order valence-electron chi connectivity index (χ0n) is 13.0. The van der Waals surface area contributed by atoms with Gasteiger partial charge in [0.1, 0.15) is 0 Å². The van der Waals surface area contributed by atoms with Gasteiger partial charge in [-0.3, -0.25) is 9.59 Å². The van der Waals surface area contributed by atoms with Crippen molar-refractivity contribution in [3.05, 3.63) is 0 Å². The van der Waals surface area contributed by atoms with Gasteiger partial charge in [-0.05, 0) is 25.1 Å². The maximum Gasteiger partial charge on any atom is 0.311 e. The Morgan fingerprint density at radius 2 is 1.79 bits per heavy atom. The predicted octanol–water partition coefficient (Wildman–Crippen LogP) is 2.77. The Morgan fingerprint density at radius 1 is 1.26 bits per heavy atom. The molecule has 1 aliphatic rings. The molecule has 0 aromatic rings. The molecule has 1 aliphatic heterocycles. The maximum atomic E-state index is 11.8. The summed E-state index contributed by atoms with van der Waals surface area (Å²) in [4.78, 5) is 22.8. The molecule has 0 saturated carbocycles. The number of rotatable bonds is 3. The third-order valence-corrected chi connectivity index (χ3v) is 9.00. The van der Waals surface area contributed by atoms with Crippen LogP contribution < -0.4 is 0 Å². The van der Waals surface area contributed by atoms with Crippen LogP contribution in [0.3, 0.4) is 0 Å². The van der Waals surface area contributed by atoms with E-state index >= 15 is 0 Å². The Labute approximate surface area is 117 Å². The number of cyclic esters (lactones) is 1. The Hall–Kier alpha value is -0.683. The van der Waals surface area contributed by atoms with Crippen molar-refractivity contribution in [1.29, 1.82) is 0 Å². The normalized spacial score (nSPS) is 32.9. The Bertz CT molecular complexity index is 359. The zero-order chi connectivity index (χ0) is 15.0. The van der Waals surface area contributed by atoms with Crippen LogP contribution in [0.25, 0.3) is 0 Å². The molecule has 1 fully saturated rings. The van der Waals surface area contributed by atoms with Crippen molar-refractivity contribution < 1.29 is 18.8 Å². The molecule has 1 rings (SSSR count). The average Bonchev–Trinajstić information content (AvgIpc) is 2.27. The molecular formula is C14H26O4Si. The van der Waals surface area contributed by atoms with E-state index in [0.717, 1.165) is 0 Å². The van der Waals surface area contributed by atoms with E-state index in [2.05, 4.69) is 33.9 Å². The van der Waals surface area contributed by atoms with Crippen LogP contribution in [0.4, 0.5) is 0 Å². The molecule has 1 saturated heterocycles. The fourth-order valence-electron chi connectivity index (χ4n) is 2.00. The third-order valence-electron chi connectivity index (χ3n) is 4.52. The highest BCUT2D eigenvalue weighted by Gasteiger charge is 2.47. The van der Waals surface area contributed by atoms with Crippen LogP contribution in [-0.4, -0.2) is 32.8 Å². The fraction of sp³-hybridized carbons (Fsp3) is 0.857. The van der Waals surface area contributed by atoms with Gasteiger partial charge in [-0.2, -0.15) is 0 Å². The smallest absolute Gasteiger partial charge is 0.311 e. The molecule has 0 amide bonds. The van der Waals surface area contributed by atoms with Crippen molar-refractivity contribution in [3.8, 4) is 0 Å². The fourth-order valence-corrected chi connectivity index (χ4v) is 3.46. The van der Waals surface area contributed by atoms with Crippen LogP contribution in [0.1, 0.15) is 34.6 Å². The second-order valence-electron chi connectivity index (χ2n) is 7.03. The lowest BCUT2D eigenvalue weighted by molar-refractivity contribution is -0.176. The van der Waals surface area contributed by atoms with E-state index in [1.807, 2.05) is 13.8 Å². The van der Waals surface area contributed by atoms with Crippen molar-refractivity contribution in [2.45, 2.75) is 65.0 Å². The summed E-state index contributed by atoms with van der Waals surface area (Å²) in [5.41, 5.74) is 0. The summed E-state index contributed by atoms with van der Waals surface area (Å²) in [5.74, 6) is -0.751. The molecule has 110 valence electrons. The highest BCUT2D eigenvalue weighted by atomic mass is 28.4. The number of esters is 1. The first kappa shape index (κ1) is 16.4. The molecule has 0 unspecified atom stereocenters. The summed E-state index contributed by atoms with van der Waals surface area (Å²) in [7, 11) is -1.97. The lowest BCUT2D eigenvalue weighted by Crippen LogP contribution is -2.54. The molecule has 19 heavy (non-hydrogen) atoms. The first-order chi connectivity index (χ1) is 8.51. The lowest BCUT2D eigenvalue weighted by atomic mass is 9.87. The summed E-state index contributed by atoms with van der Waals surface area (Å²) in [6.45, 7) is 14.5. The number of hydrogen-bond donors (Lipinski definition) is 0. The van der Waals surface area contributed by atoms with Gasteiger partial charge in [-0.15, -0.1) is 0 Å². The van der Waals surface area contributed by atoms with Crippen LogP contribution in [0.5, 0.6) is 0 Å². The molecule has 1 heterocycles. The van der Waals surface area contributed by atoms with Gasteiger partial charge in [0, 0.05) is 5.92 Å². The van der Waals surface area contributed by atoms with Gasteiger partial charge in [-0.1, -0.05) is 27.7 Å². The quantitative estimate of drug-likeness (QED) is 0.455. The topological polar surface area (TPSA) is 52.6 Å². The Kier molecular flexibility index (Phi) is 4.62. The van der Waals surface area contributed by atoms with Crippen LogP contribution in [0.2, 0.25) is 18.1 Å². The summed E-state index contributed by atoms with van der Waals surface area (Å²) >= 11 is 0. The van der Waals surface area contributed by atoms with Gasteiger partial charge >= 0.3 is 5.97 Å². The predicted molar refractivity (Wildman–Crippen MR) is 76.3 cm³/mol. The molecule has 0 N–H and O–H groups in total. The largest absolute Gasteiger partial charge is 0.454 e. The van der Waals surface area contributed by atoms with E-state index < -0.39 is 14.4 Å². The molecule has 4 nitrogen and oxygen atoms in total. The number of aldehydes is 1. The number of carbonyl (C=O) groups is 2. The second kappa shape index (κ2) is 5.36. The van der Waals surface area contributed by atoms with Gasteiger partial charge in [-0.25, -0.2) is 0 Å². The summed E-state index contributed by atoms with van der Waals surface area (Å²) in [5, 5.41) is 0.0739. The van der Waals surface area contributed by atoms with Crippen molar-refractivity contribution in [2.75, 3.05) is 0 Å². The van der Waals surface area contributed by atoms with E-state index in [1.54, 1.807) is 0 Å². The summed E-state index contributed by atoms with van der Waals surface area (Å²) < 4.78 is 11.5. The van der Waals surface area contributed by atoms with Crippen LogP contribution in [0.15, 0.2) is 0 Å². The van der Waals surface area contributed by atoms with Crippen LogP contribution in [-0.2, 0) is 18.8 Å². The highest BCUT2D eigenvalue weighted by Crippen LogP contribution is 2.40. The van der Waals surface area contributed by atoms with Gasteiger partial charge in [0.05, 0.1) is 12.0 Å². The lowest BCUT2D eigenvalue weighted by Gasteiger charge is -2.45. The van der Waals surface area contributed by atoms with E-state index in [9.17, 15) is 9.59 Å². The molecular weight excluding hydrogens is 260 g/mol. The molecule has 0 spiro atoms. The second-order valence-corrected chi connectivity index (χ2v) is 11.8. The third kappa shape index (κ3) is 3.26. The van der Waals surface area contributed by atoms with Crippen LogP contribution in [0, 0.1) is 11.8 Å². The number of ether oxygens (including phenoxy) is 1. The van der Waals surface area contributed by atoms with Crippen molar-refractivity contribution in [1.82, 2.24) is 0 Å². The van der Waals surface area contributed by atoms with Gasteiger partial charge in [0.25, 0.3) is 0 Å². The molecule has 0 aliphatic carbocycles. The van der Waals surface area contributed by atoms with Gasteiger partial charge in [0.2, 0.25) is 0 Å². The minimum absolute atomic E-state index is 0.0739. The minimum atomic E-state index is -1.97. The first-order valence-corrected chi connectivity index (χ1v) is 9.75. The van der Waals surface area contributed by atoms with Gasteiger partial charge < -0.3 is 9.16 Å². The highest BCUT2D eigenvalue weighted by molar-refractivity contribution is 6.74. The van der Waals surface area contributed by atoms with Crippen molar-refractivity contribution in [2.24, 2.45) is 11.8 Å². The molecule has 0 bridgehead atoms. The van der Waals surface area contributed by atoms with E-state index in [1.165, 1.54) is 0 Å². The van der Waals surface area contributed by atoms with Crippen molar-refractivity contribution in [3.63, 3.8) is 0 Å². The maximum absolute atomic E-state index is 11.8. The first-order valence-electron chi connectivity index (χ1n) is 6.85. The minimum Gasteiger partial charge on any atom is -0.454 e. The average molecular weight is 286 g/mol. The standard InChI is InChI=1S/C14H26O4Si/c1-9-11(8-15)17-13(16)10(2)12(9)18-19(6,7)14(3,4)5/h8-12H,1-7H3/t9-,10+,11-,12-/m0/s1. The molecule has 0 aromatic carbocycles. The van der Waals surface area contributed by atoms with Crippen LogP contribution >= 0.6 is 0 Å². The SMILES string of the molecule is C[C@@H]1[C@H](O[Si](C)(C)C(C)(C)C)[C@@H](C)C(=O)O[C@H]1C=O.